The fraction of sp³-hybridized carbons (Fsp3) is 0.833. The van der Waals surface area contributed by atoms with Crippen LogP contribution in [0.4, 0.5) is 0 Å². The van der Waals surface area contributed by atoms with Gasteiger partial charge in [-0.05, 0) is 25.7 Å². The highest BCUT2D eigenvalue weighted by atomic mass is 16.7. The molecule has 1 aromatic heterocycles. The maximum atomic E-state index is 6.01. The van der Waals surface area contributed by atoms with E-state index in [0.717, 1.165) is 26.0 Å². The second-order valence-electron chi connectivity index (χ2n) is 10.2. The van der Waals surface area contributed by atoms with E-state index in [2.05, 4.69) is 42.1 Å². The predicted molar refractivity (Wildman–Crippen MR) is 141 cm³/mol. The lowest BCUT2D eigenvalue weighted by atomic mass is 10.0. The highest BCUT2D eigenvalue weighted by Crippen LogP contribution is 2.19. The van der Waals surface area contributed by atoms with Gasteiger partial charge in [0.2, 0.25) is 0 Å². The Bertz CT molecular complexity index is 553. The number of rotatable bonds is 23. The lowest BCUT2D eigenvalue weighted by Crippen LogP contribution is -2.32. The van der Waals surface area contributed by atoms with Crippen molar-refractivity contribution in [1.82, 2.24) is 0 Å². The first-order valence-corrected chi connectivity index (χ1v) is 14.7. The molecule has 34 heavy (non-hydrogen) atoms. The van der Waals surface area contributed by atoms with E-state index in [-0.39, 0.29) is 12.4 Å². The van der Waals surface area contributed by atoms with Gasteiger partial charge < -0.3 is 14.2 Å². The summed E-state index contributed by atoms with van der Waals surface area (Å²) in [5.74, 6) is 0. The van der Waals surface area contributed by atoms with E-state index in [1.54, 1.807) is 0 Å². The third-order valence-corrected chi connectivity index (χ3v) is 6.89. The summed E-state index contributed by atoms with van der Waals surface area (Å²) in [7, 11) is 0. The lowest BCUT2D eigenvalue weighted by molar-refractivity contribution is -0.697. The number of pyridine rings is 1. The Balaban J connectivity index is 1.28. The van der Waals surface area contributed by atoms with Gasteiger partial charge in [-0.15, -0.1) is 0 Å². The van der Waals surface area contributed by atoms with Gasteiger partial charge in [0.25, 0.3) is 0 Å². The zero-order valence-corrected chi connectivity index (χ0v) is 22.3. The van der Waals surface area contributed by atoms with Gasteiger partial charge in [0.15, 0.2) is 18.7 Å². The first-order valence-electron chi connectivity index (χ1n) is 14.7. The van der Waals surface area contributed by atoms with Crippen LogP contribution in [0.1, 0.15) is 122 Å². The fourth-order valence-corrected chi connectivity index (χ4v) is 4.73. The van der Waals surface area contributed by atoms with E-state index >= 15 is 0 Å². The van der Waals surface area contributed by atoms with Crippen molar-refractivity contribution in [3.63, 3.8) is 0 Å². The van der Waals surface area contributed by atoms with Crippen LogP contribution in [0.25, 0.3) is 0 Å². The Hall–Kier alpha value is -0.970. The quantitative estimate of drug-likeness (QED) is 0.119. The van der Waals surface area contributed by atoms with Crippen LogP contribution in [-0.4, -0.2) is 32.2 Å². The Morgan fingerprint density at radius 3 is 1.97 bits per heavy atom. The number of aryl methyl sites for hydroxylation is 1. The van der Waals surface area contributed by atoms with Gasteiger partial charge in [-0.1, -0.05) is 96.5 Å². The third-order valence-electron chi connectivity index (χ3n) is 6.89. The molecule has 1 aliphatic heterocycles. The second-order valence-corrected chi connectivity index (χ2v) is 10.2. The minimum Gasteiger partial charge on any atom is -0.379 e. The molecule has 0 N–H and O–H groups in total. The van der Waals surface area contributed by atoms with Crippen LogP contribution < -0.4 is 4.57 Å². The minimum atomic E-state index is -0.00297. The lowest BCUT2D eigenvalue weighted by Gasteiger charge is -2.12. The summed E-state index contributed by atoms with van der Waals surface area (Å²) in [6.45, 7) is 5.60. The molecule has 0 saturated carbocycles. The van der Waals surface area contributed by atoms with Gasteiger partial charge in [-0.25, -0.2) is 4.57 Å². The van der Waals surface area contributed by atoms with E-state index in [1.807, 2.05) is 0 Å². The van der Waals surface area contributed by atoms with E-state index < -0.39 is 0 Å². The predicted octanol–water partition coefficient (Wildman–Crippen LogP) is 7.77. The number of hydrogen-bond donors (Lipinski definition) is 0. The van der Waals surface area contributed by atoms with Gasteiger partial charge in [-0.2, -0.15) is 0 Å². The monoisotopic (exact) mass is 476 g/mol. The number of aromatic nitrogens is 1. The third kappa shape index (κ3) is 15.8. The molecular weight excluding hydrogens is 422 g/mol. The van der Waals surface area contributed by atoms with Crippen LogP contribution in [0.3, 0.4) is 0 Å². The zero-order valence-electron chi connectivity index (χ0n) is 22.3. The summed E-state index contributed by atoms with van der Waals surface area (Å²) < 4.78 is 19.9. The molecule has 1 saturated heterocycles. The van der Waals surface area contributed by atoms with Crippen LogP contribution in [-0.2, 0) is 20.8 Å². The van der Waals surface area contributed by atoms with Crippen LogP contribution in [0, 0.1) is 0 Å². The molecule has 4 heteroatoms. The summed E-state index contributed by atoms with van der Waals surface area (Å²) in [4.78, 5) is 0. The average molecular weight is 477 g/mol. The van der Waals surface area contributed by atoms with Crippen molar-refractivity contribution >= 4 is 0 Å². The standard InChI is InChI=1S/C30H54NO3/c1-2-3-4-5-6-7-8-9-10-11-12-13-17-22-30-33-28-29(34-30)27-32-26-21-15-14-18-23-31-24-19-16-20-25-31/h16,19-20,24-25,29-30H,2-15,17-18,21-23,26-28H2,1H3/q+1/t29-,30-/m1/s1. The van der Waals surface area contributed by atoms with E-state index in [4.69, 9.17) is 14.2 Å². The molecule has 1 aromatic rings. The second kappa shape index (κ2) is 21.3. The van der Waals surface area contributed by atoms with E-state index in [0.29, 0.717) is 13.2 Å². The molecular formula is C30H54NO3+. The van der Waals surface area contributed by atoms with Crippen molar-refractivity contribution in [3.8, 4) is 0 Å². The Morgan fingerprint density at radius 2 is 1.29 bits per heavy atom. The maximum Gasteiger partial charge on any atom is 0.168 e. The molecule has 196 valence electrons. The van der Waals surface area contributed by atoms with E-state index in [1.165, 1.54) is 103 Å². The molecule has 4 nitrogen and oxygen atoms in total. The molecule has 2 rings (SSSR count). The Morgan fingerprint density at radius 1 is 0.706 bits per heavy atom. The summed E-state index contributed by atoms with van der Waals surface area (Å²) in [6.07, 6.45) is 28.4. The van der Waals surface area contributed by atoms with Crippen molar-refractivity contribution in [2.24, 2.45) is 0 Å². The summed E-state index contributed by atoms with van der Waals surface area (Å²) >= 11 is 0. The Labute approximate surface area is 210 Å². The molecule has 2 heterocycles. The highest BCUT2D eigenvalue weighted by Gasteiger charge is 2.25. The smallest absolute Gasteiger partial charge is 0.168 e. The number of hydrogen-bond acceptors (Lipinski definition) is 3. The van der Waals surface area contributed by atoms with Crippen molar-refractivity contribution in [1.29, 1.82) is 0 Å². The van der Waals surface area contributed by atoms with Crippen molar-refractivity contribution in [3.05, 3.63) is 30.6 Å². The van der Waals surface area contributed by atoms with E-state index in [9.17, 15) is 0 Å². The molecule has 2 atom stereocenters. The Kier molecular flexibility index (Phi) is 18.4. The van der Waals surface area contributed by atoms with Crippen LogP contribution in [0.5, 0.6) is 0 Å². The summed E-state index contributed by atoms with van der Waals surface area (Å²) in [5.41, 5.74) is 0. The molecule has 0 unspecified atom stereocenters. The minimum absolute atomic E-state index is 0.00297. The van der Waals surface area contributed by atoms with Crippen LogP contribution in [0.15, 0.2) is 30.6 Å². The van der Waals surface area contributed by atoms with Gasteiger partial charge >= 0.3 is 0 Å². The van der Waals surface area contributed by atoms with Crippen molar-refractivity contribution in [2.75, 3.05) is 19.8 Å². The zero-order chi connectivity index (χ0) is 23.9. The van der Waals surface area contributed by atoms with Gasteiger partial charge in [0, 0.05) is 25.2 Å². The van der Waals surface area contributed by atoms with Crippen LogP contribution >= 0.6 is 0 Å². The summed E-state index contributed by atoms with van der Waals surface area (Å²) in [6, 6.07) is 6.24. The number of nitrogens with zero attached hydrogens (tertiary/aromatic N) is 1. The fourth-order valence-electron chi connectivity index (χ4n) is 4.73. The van der Waals surface area contributed by atoms with Gasteiger partial charge in [-0.3, -0.25) is 0 Å². The van der Waals surface area contributed by atoms with Crippen LogP contribution in [0.2, 0.25) is 0 Å². The van der Waals surface area contributed by atoms with Gasteiger partial charge in [0.1, 0.15) is 12.6 Å². The normalized spacial score (nSPS) is 18.0. The first kappa shape index (κ1) is 29.3. The topological polar surface area (TPSA) is 31.6 Å². The molecule has 0 bridgehead atoms. The molecule has 0 aromatic carbocycles. The average Bonchev–Trinajstić information content (AvgIpc) is 3.32. The molecule has 0 spiro atoms. The number of unbranched alkanes of at least 4 members (excludes halogenated alkanes) is 15. The molecule has 0 amide bonds. The molecule has 1 fully saturated rings. The number of ether oxygens (including phenoxy) is 3. The van der Waals surface area contributed by atoms with Crippen molar-refractivity contribution in [2.45, 2.75) is 141 Å². The first-order chi connectivity index (χ1) is 16.9. The highest BCUT2D eigenvalue weighted by molar-refractivity contribution is 4.83. The molecule has 0 radical (unpaired) electrons. The summed E-state index contributed by atoms with van der Waals surface area (Å²) in [5, 5.41) is 0. The largest absolute Gasteiger partial charge is 0.379 e. The SMILES string of the molecule is CCCCCCCCCCCCCCC[C@@H]1OC[C@@H](COCCCCCC[n+]2ccccc2)O1. The molecule has 0 aliphatic carbocycles. The van der Waals surface area contributed by atoms with Gasteiger partial charge in [0.05, 0.1) is 13.2 Å². The van der Waals surface area contributed by atoms with Crippen molar-refractivity contribution < 1.29 is 18.8 Å². The maximum absolute atomic E-state index is 6.01. The molecule has 1 aliphatic rings.